The molecule has 134 valence electrons. The summed E-state index contributed by atoms with van der Waals surface area (Å²) in [6, 6.07) is 17.5. The molecule has 1 heterocycles. The van der Waals surface area contributed by atoms with Crippen LogP contribution in [0.1, 0.15) is 24.1 Å². The van der Waals surface area contributed by atoms with E-state index in [-0.39, 0.29) is 0 Å². The minimum atomic E-state index is 0.313. The molecule has 0 radical (unpaired) electrons. The molecule has 1 saturated heterocycles. The summed E-state index contributed by atoms with van der Waals surface area (Å²) in [5.74, 6) is 0.906. The highest BCUT2D eigenvalue weighted by Crippen LogP contribution is 2.21. The Labute approximate surface area is 151 Å². The lowest BCUT2D eigenvalue weighted by Gasteiger charge is -2.34. The first-order chi connectivity index (χ1) is 12.2. The van der Waals surface area contributed by atoms with Crippen molar-refractivity contribution in [3.05, 3.63) is 59.7 Å². The molecule has 3 rings (SSSR count). The first-order valence-electron chi connectivity index (χ1n) is 9.05. The van der Waals surface area contributed by atoms with E-state index in [4.69, 9.17) is 4.74 Å². The molecule has 0 amide bonds. The van der Waals surface area contributed by atoms with E-state index < -0.39 is 0 Å². The largest absolute Gasteiger partial charge is 0.497 e. The molecule has 1 aliphatic heterocycles. The van der Waals surface area contributed by atoms with Crippen LogP contribution in [0.15, 0.2) is 48.5 Å². The summed E-state index contributed by atoms with van der Waals surface area (Å²) in [5.41, 5.74) is 3.89. The summed E-state index contributed by atoms with van der Waals surface area (Å²) in [5, 5.41) is 3.60. The highest BCUT2D eigenvalue weighted by molar-refractivity contribution is 5.48. The van der Waals surface area contributed by atoms with Gasteiger partial charge in [-0.05, 0) is 49.4 Å². The van der Waals surface area contributed by atoms with Gasteiger partial charge in [0, 0.05) is 44.5 Å². The molecule has 1 N–H and O–H groups in total. The zero-order valence-corrected chi connectivity index (χ0v) is 15.5. The van der Waals surface area contributed by atoms with Crippen molar-refractivity contribution in [1.29, 1.82) is 0 Å². The third kappa shape index (κ3) is 4.74. The second-order valence-corrected chi connectivity index (χ2v) is 6.84. The van der Waals surface area contributed by atoms with E-state index in [1.165, 1.54) is 16.8 Å². The molecule has 0 unspecified atom stereocenters. The molecule has 0 saturated carbocycles. The van der Waals surface area contributed by atoms with Crippen LogP contribution in [-0.2, 0) is 6.54 Å². The van der Waals surface area contributed by atoms with Crippen LogP contribution in [0.25, 0.3) is 0 Å². The van der Waals surface area contributed by atoms with Gasteiger partial charge in [-0.15, -0.1) is 0 Å². The molecule has 4 nitrogen and oxygen atoms in total. The molecule has 1 fully saturated rings. The van der Waals surface area contributed by atoms with Crippen LogP contribution in [0.3, 0.4) is 0 Å². The van der Waals surface area contributed by atoms with E-state index in [1.807, 2.05) is 12.1 Å². The van der Waals surface area contributed by atoms with Crippen molar-refractivity contribution in [2.75, 3.05) is 45.2 Å². The number of hydrogen-bond acceptors (Lipinski definition) is 4. The zero-order chi connectivity index (χ0) is 17.6. The van der Waals surface area contributed by atoms with Crippen LogP contribution in [0, 0.1) is 0 Å². The number of nitrogens with zero attached hydrogens (tertiary/aromatic N) is 2. The van der Waals surface area contributed by atoms with Crippen molar-refractivity contribution < 1.29 is 4.74 Å². The predicted octanol–water partition coefficient (Wildman–Crippen LogP) is 3.30. The fourth-order valence-electron chi connectivity index (χ4n) is 3.21. The Morgan fingerprint density at radius 3 is 2.44 bits per heavy atom. The SMILES string of the molecule is COc1cccc(CN[C@H](C)c2ccc(N3CCN(C)CC3)cc2)c1. The molecule has 25 heavy (non-hydrogen) atoms. The van der Waals surface area contributed by atoms with E-state index in [0.717, 1.165) is 38.5 Å². The van der Waals surface area contributed by atoms with Crippen LogP contribution in [0.2, 0.25) is 0 Å². The number of rotatable bonds is 6. The lowest BCUT2D eigenvalue weighted by molar-refractivity contribution is 0.313. The van der Waals surface area contributed by atoms with E-state index >= 15 is 0 Å². The molecular formula is C21H29N3O. The number of likely N-dealkylation sites (N-methyl/N-ethyl adjacent to an activating group) is 1. The van der Waals surface area contributed by atoms with Crippen LogP contribution < -0.4 is 15.0 Å². The van der Waals surface area contributed by atoms with Gasteiger partial charge in [-0.3, -0.25) is 0 Å². The lowest BCUT2D eigenvalue weighted by Crippen LogP contribution is -2.44. The van der Waals surface area contributed by atoms with Gasteiger partial charge in [0.15, 0.2) is 0 Å². The number of ether oxygens (including phenoxy) is 1. The molecule has 1 aliphatic rings. The molecule has 0 aromatic heterocycles. The third-order valence-electron chi connectivity index (χ3n) is 5.01. The Morgan fingerprint density at radius 2 is 1.76 bits per heavy atom. The van der Waals surface area contributed by atoms with Gasteiger partial charge in [-0.2, -0.15) is 0 Å². The van der Waals surface area contributed by atoms with E-state index in [0.29, 0.717) is 6.04 Å². The van der Waals surface area contributed by atoms with Crippen molar-refractivity contribution >= 4 is 5.69 Å². The summed E-state index contributed by atoms with van der Waals surface area (Å²) < 4.78 is 5.29. The highest BCUT2D eigenvalue weighted by atomic mass is 16.5. The third-order valence-corrected chi connectivity index (χ3v) is 5.01. The minimum absolute atomic E-state index is 0.313. The Kier molecular flexibility index (Phi) is 5.95. The number of methoxy groups -OCH3 is 1. The van der Waals surface area contributed by atoms with Crippen molar-refractivity contribution in [2.45, 2.75) is 19.5 Å². The molecule has 0 bridgehead atoms. The molecule has 4 heteroatoms. The van der Waals surface area contributed by atoms with Crippen molar-refractivity contribution in [3.63, 3.8) is 0 Å². The lowest BCUT2D eigenvalue weighted by atomic mass is 10.1. The van der Waals surface area contributed by atoms with Crippen molar-refractivity contribution in [2.24, 2.45) is 0 Å². The van der Waals surface area contributed by atoms with E-state index in [1.54, 1.807) is 7.11 Å². The number of anilines is 1. The Morgan fingerprint density at radius 1 is 1.04 bits per heavy atom. The van der Waals surface area contributed by atoms with Gasteiger partial charge in [0.25, 0.3) is 0 Å². The first-order valence-corrected chi connectivity index (χ1v) is 9.05. The number of hydrogen-bond donors (Lipinski definition) is 1. The van der Waals surface area contributed by atoms with Gasteiger partial charge in [0.1, 0.15) is 5.75 Å². The van der Waals surface area contributed by atoms with Gasteiger partial charge < -0.3 is 19.9 Å². The van der Waals surface area contributed by atoms with Gasteiger partial charge in [-0.1, -0.05) is 24.3 Å². The van der Waals surface area contributed by atoms with Gasteiger partial charge >= 0.3 is 0 Å². The Hall–Kier alpha value is -2.04. The molecule has 0 spiro atoms. The van der Waals surface area contributed by atoms with Crippen LogP contribution >= 0.6 is 0 Å². The average Bonchev–Trinajstić information content (AvgIpc) is 2.67. The van der Waals surface area contributed by atoms with E-state index in [2.05, 4.69) is 65.5 Å². The maximum atomic E-state index is 5.29. The van der Waals surface area contributed by atoms with Crippen molar-refractivity contribution in [1.82, 2.24) is 10.2 Å². The summed E-state index contributed by atoms with van der Waals surface area (Å²) in [4.78, 5) is 4.85. The standard InChI is InChI=1S/C21H29N3O/c1-17(22-16-18-5-4-6-21(15-18)25-3)19-7-9-20(10-8-19)24-13-11-23(2)12-14-24/h4-10,15,17,22H,11-14,16H2,1-3H3/t17-/m1/s1. The average molecular weight is 339 g/mol. The number of piperazine rings is 1. The predicted molar refractivity (Wildman–Crippen MR) is 104 cm³/mol. The van der Waals surface area contributed by atoms with Gasteiger partial charge in [0.2, 0.25) is 0 Å². The Balaban J connectivity index is 1.56. The maximum absolute atomic E-state index is 5.29. The smallest absolute Gasteiger partial charge is 0.119 e. The first kappa shape index (κ1) is 17.8. The topological polar surface area (TPSA) is 27.7 Å². The molecule has 2 aromatic rings. The highest BCUT2D eigenvalue weighted by Gasteiger charge is 2.14. The summed E-state index contributed by atoms with van der Waals surface area (Å²) in [6.07, 6.45) is 0. The summed E-state index contributed by atoms with van der Waals surface area (Å²) in [7, 11) is 3.90. The van der Waals surface area contributed by atoms with E-state index in [9.17, 15) is 0 Å². The minimum Gasteiger partial charge on any atom is -0.497 e. The molecular weight excluding hydrogens is 310 g/mol. The number of nitrogens with one attached hydrogen (secondary N) is 1. The van der Waals surface area contributed by atoms with Gasteiger partial charge in [0.05, 0.1) is 7.11 Å². The van der Waals surface area contributed by atoms with Gasteiger partial charge in [-0.25, -0.2) is 0 Å². The maximum Gasteiger partial charge on any atom is 0.119 e. The normalized spacial score (nSPS) is 16.7. The second kappa shape index (κ2) is 8.37. The van der Waals surface area contributed by atoms with Crippen LogP contribution in [0.4, 0.5) is 5.69 Å². The molecule has 1 atom stereocenters. The summed E-state index contributed by atoms with van der Waals surface area (Å²) >= 11 is 0. The monoisotopic (exact) mass is 339 g/mol. The number of benzene rings is 2. The van der Waals surface area contributed by atoms with Crippen LogP contribution in [0.5, 0.6) is 5.75 Å². The zero-order valence-electron chi connectivity index (χ0n) is 15.5. The quantitative estimate of drug-likeness (QED) is 0.874. The van der Waals surface area contributed by atoms with Crippen LogP contribution in [-0.4, -0.2) is 45.2 Å². The fourth-order valence-corrected chi connectivity index (χ4v) is 3.21. The second-order valence-electron chi connectivity index (χ2n) is 6.84. The fraction of sp³-hybridized carbons (Fsp3) is 0.429. The summed E-state index contributed by atoms with van der Waals surface area (Å²) in [6.45, 7) is 7.54. The molecule has 2 aromatic carbocycles. The Bertz CT molecular complexity index is 663. The van der Waals surface area contributed by atoms with Crippen molar-refractivity contribution in [3.8, 4) is 5.75 Å². The molecule has 0 aliphatic carbocycles.